The van der Waals surface area contributed by atoms with Gasteiger partial charge >= 0.3 is 0 Å². The summed E-state index contributed by atoms with van der Waals surface area (Å²) in [7, 11) is 1.64. The predicted molar refractivity (Wildman–Crippen MR) is 131 cm³/mol. The van der Waals surface area contributed by atoms with E-state index in [9.17, 15) is 14.9 Å². The Hall–Kier alpha value is -3.40. The molecule has 1 saturated carbocycles. The molecule has 0 bridgehead atoms. The number of nitrogens with one attached hydrogen (secondary N) is 1. The third-order valence-electron chi connectivity index (χ3n) is 5.95. The summed E-state index contributed by atoms with van der Waals surface area (Å²) in [5, 5.41) is 22.9. The summed E-state index contributed by atoms with van der Waals surface area (Å²) in [5.74, 6) is 1.36. The summed E-state index contributed by atoms with van der Waals surface area (Å²) in [6, 6.07) is 13.8. The molecule has 9 nitrogen and oxygen atoms in total. The van der Waals surface area contributed by atoms with Crippen LogP contribution >= 0.6 is 11.8 Å². The molecule has 4 rings (SSSR count). The largest absolute Gasteiger partial charge is 0.497 e. The molecule has 178 valence electrons. The number of hydrogen-bond donors (Lipinski definition) is 1. The lowest BCUT2D eigenvalue weighted by atomic mass is 9.95. The Morgan fingerprint density at radius 1 is 1.12 bits per heavy atom. The lowest BCUT2D eigenvalue weighted by Gasteiger charge is -2.26. The van der Waals surface area contributed by atoms with E-state index < -0.39 is 10.2 Å². The zero-order valence-electron chi connectivity index (χ0n) is 19.1. The van der Waals surface area contributed by atoms with Crippen LogP contribution in [0, 0.1) is 10.1 Å². The third kappa shape index (κ3) is 5.39. The van der Waals surface area contributed by atoms with Crippen molar-refractivity contribution in [1.29, 1.82) is 0 Å². The predicted octanol–water partition coefficient (Wildman–Crippen LogP) is 5.49. The number of amides is 1. The molecule has 1 fully saturated rings. The first kappa shape index (κ1) is 23.7. The average molecular weight is 482 g/mol. The van der Waals surface area contributed by atoms with Gasteiger partial charge in [-0.25, -0.2) is 0 Å². The Labute approximate surface area is 202 Å². The highest BCUT2D eigenvalue weighted by molar-refractivity contribution is 8.00. The van der Waals surface area contributed by atoms with Crippen LogP contribution in [0.25, 0.3) is 11.4 Å². The molecule has 0 radical (unpaired) electrons. The number of ether oxygens (including phenoxy) is 1. The molecular weight excluding hydrogens is 454 g/mol. The minimum absolute atomic E-state index is 0.0212. The quantitative estimate of drug-likeness (QED) is 0.257. The molecule has 0 aliphatic heterocycles. The minimum atomic E-state index is -0.470. The number of rotatable bonds is 8. The van der Waals surface area contributed by atoms with E-state index in [-0.39, 0.29) is 17.6 Å². The van der Waals surface area contributed by atoms with Gasteiger partial charge in [-0.1, -0.05) is 31.0 Å². The third-order valence-corrected chi connectivity index (χ3v) is 7.01. The molecule has 3 aromatic rings. The zero-order chi connectivity index (χ0) is 24.1. The van der Waals surface area contributed by atoms with Crippen LogP contribution in [0.1, 0.15) is 45.1 Å². The van der Waals surface area contributed by atoms with Gasteiger partial charge < -0.3 is 10.1 Å². The Morgan fingerprint density at radius 2 is 1.79 bits per heavy atom. The number of anilines is 1. The first-order valence-electron chi connectivity index (χ1n) is 11.3. The number of nitro groups is 1. The number of non-ortho nitro benzene ring substituents is 1. The van der Waals surface area contributed by atoms with Crippen LogP contribution in [0.4, 0.5) is 11.4 Å². The first-order valence-corrected chi connectivity index (χ1v) is 12.2. The second-order valence-electron chi connectivity index (χ2n) is 8.25. The van der Waals surface area contributed by atoms with Crippen molar-refractivity contribution in [3.05, 3.63) is 58.6 Å². The fourth-order valence-electron chi connectivity index (χ4n) is 4.08. The number of methoxy groups -OCH3 is 1. The summed E-state index contributed by atoms with van der Waals surface area (Å²) in [6.07, 6.45) is 5.65. The van der Waals surface area contributed by atoms with Gasteiger partial charge in [0.15, 0.2) is 11.0 Å². The fraction of sp³-hybridized carbons (Fsp3) is 0.375. The van der Waals surface area contributed by atoms with E-state index in [0.717, 1.165) is 42.8 Å². The number of thioether (sulfide) groups is 1. The molecule has 1 aliphatic carbocycles. The number of benzene rings is 2. The van der Waals surface area contributed by atoms with Crippen molar-refractivity contribution in [3.8, 4) is 17.1 Å². The average Bonchev–Trinajstić information content (AvgIpc) is 3.28. The Kier molecular flexibility index (Phi) is 7.46. The number of carbonyl (C=O) groups is 1. The van der Waals surface area contributed by atoms with Gasteiger partial charge in [0, 0.05) is 29.4 Å². The summed E-state index contributed by atoms with van der Waals surface area (Å²) >= 11 is 1.37. The number of hydrogen-bond acceptors (Lipinski definition) is 7. The number of aromatic nitrogens is 3. The number of carbonyl (C=O) groups excluding carboxylic acids is 1. The Bertz CT molecular complexity index is 1140. The van der Waals surface area contributed by atoms with Gasteiger partial charge in [-0.05, 0) is 56.2 Å². The van der Waals surface area contributed by atoms with Gasteiger partial charge in [-0.15, -0.1) is 10.2 Å². The molecule has 0 saturated heterocycles. The lowest BCUT2D eigenvalue weighted by Crippen LogP contribution is -2.23. The second-order valence-corrected chi connectivity index (χ2v) is 9.56. The maximum absolute atomic E-state index is 12.8. The van der Waals surface area contributed by atoms with E-state index in [4.69, 9.17) is 4.74 Å². The molecule has 1 unspecified atom stereocenters. The monoisotopic (exact) mass is 481 g/mol. The summed E-state index contributed by atoms with van der Waals surface area (Å²) < 4.78 is 7.46. The van der Waals surface area contributed by atoms with E-state index in [1.54, 1.807) is 7.11 Å². The number of nitro benzene ring substituents is 1. The molecule has 34 heavy (non-hydrogen) atoms. The van der Waals surface area contributed by atoms with Crippen LogP contribution < -0.4 is 10.1 Å². The first-order chi connectivity index (χ1) is 16.5. The van der Waals surface area contributed by atoms with Crippen molar-refractivity contribution >= 4 is 29.0 Å². The zero-order valence-corrected chi connectivity index (χ0v) is 20.0. The van der Waals surface area contributed by atoms with Crippen molar-refractivity contribution in [2.45, 2.75) is 55.5 Å². The molecule has 10 heteroatoms. The van der Waals surface area contributed by atoms with Crippen molar-refractivity contribution in [3.63, 3.8) is 0 Å². The highest BCUT2D eigenvalue weighted by Gasteiger charge is 2.26. The van der Waals surface area contributed by atoms with E-state index in [2.05, 4.69) is 20.1 Å². The van der Waals surface area contributed by atoms with E-state index in [0.29, 0.717) is 10.8 Å². The summed E-state index contributed by atoms with van der Waals surface area (Å²) in [6.45, 7) is 1.82. The minimum Gasteiger partial charge on any atom is -0.497 e. The molecule has 1 N–H and O–H groups in total. The molecule has 1 aliphatic rings. The maximum Gasteiger partial charge on any atom is 0.269 e. The van der Waals surface area contributed by atoms with Crippen LogP contribution in [-0.4, -0.2) is 38.0 Å². The van der Waals surface area contributed by atoms with Crippen LogP contribution in [0.15, 0.2) is 53.7 Å². The van der Waals surface area contributed by atoms with Crippen molar-refractivity contribution in [1.82, 2.24) is 14.8 Å². The van der Waals surface area contributed by atoms with Crippen molar-refractivity contribution in [2.24, 2.45) is 0 Å². The second kappa shape index (κ2) is 10.7. The topological polar surface area (TPSA) is 112 Å². The maximum atomic E-state index is 12.8. The Balaban J connectivity index is 1.54. The highest BCUT2D eigenvalue weighted by Crippen LogP contribution is 2.37. The van der Waals surface area contributed by atoms with Crippen LogP contribution in [0.2, 0.25) is 0 Å². The highest BCUT2D eigenvalue weighted by atomic mass is 32.2. The normalized spacial score (nSPS) is 15.0. The summed E-state index contributed by atoms with van der Waals surface area (Å²) in [5.41, 5.74) is 1.44. The van der Waals surface area contributed by atoms with Gasteiger partial charge in [0.1, 0.15) is 5.75 Å². The van der Waals surface area contributed by atoms with E-state index in [1.807, 2.05) is 31.2 Å². The van der Waals surface area contributed by atoms with Gasteiger partial charge in [-0.2, -0.15) is 0 Å². The fourth-order valence-corrected chi connectivity index (χ4v) is 5.00. The van der Waals surface area contributed by atoms with Gasteiger partial charge in [0.2, 0.25) is 5.91 Å². The molecule has 1 amide bonds. The van der Waals surface area contributed by atoms with Crippen molar-refractivity contribution < 1.29 is 14.5 Å². The van der Waals surface area contributed by atoms with E-state index in [1.165, 1.54) is 42.4 Å². The van der Waals surface area contributed by atoms with Gasteiger partial charge in [0.25, 0.3) is 5.69 Å². The molecule has 1 atom stereocenters. The van der Waals surface area contributed by atoms with Gasteiger partial charge in [-0.3, -0.25) is 19.5 Å². The summed E-state index contributed by atoms with van der Waals surface area (Å²) in [4.78, 5) is 23.2. The van der Waals surface area contributed by atoms with Gasteiger partial charge in [0.05, 0.1) is 17.3 Å². The molecule has 2 aromatic carbocycles. The molecule has 1 heterocycles. The Morgan fingerprint density at radius 3 is 2.41 bits per heavy atom. The SMILES string of the molecule is COc1ccc(-c2nnc(SC(C)C(=O)Nc3ccc([N+](=O)[O-])cc3)n2C2CCCCC2)cc1. The van der Waals surface area contributed by atoms with Crippen LogP contribution in [0.3, 0.4) is 0 Å². The molecule has 1 aromatic heterocycles. The van der Waals surface area contributed by atoms with Crippen LogP contribution in [-0.2, 0) is 4.79 Å². The molecule has 0 spiro atoms. The number of nitrogens with zero attached hydrogens (tertiary/aromatic N) is 4. The van der Waals surface area contributed by atoms with E-state index >= 15 is 0 Å². The standard InChI is InChI=1S/C24H27N5O4S/c1-16(23(30)25-18-10-12-20(13-11-18)29(31)32)34-24-27-26-22(17-8-14-21(33-2)15-9-17)28(24)19-6-4-3-5-7-19/h8-16,19H,3-7H2,1-2H3,(H,25,30). The van der Waals surface area contributed by atoms with Crippen LogP contribution in [0.5, 0.6) is 5.75 Å². The smallest absolute Gasteiger partial charge is 0.269 e. The lowest BCUT2D eigenvalue weighted by molar-refractivity contribution is -0.384. The van der Waals surface area contributed by atoms with Crippen molar-refractivity contribution in [2.75, 3.05) is 12.4 Å². The molecular formula is C24H27N5O4S.